The summed E-state index contributed by atoms with van der Waals surface area (Å²) in [5.74, 6) is 6.11. The van der Waals surface area contributed by atoms with Crippen LogP contribution in [0.25, 0.3) is 0 Å². The minimum atomic E-state index is -4.38. The normalized spacial score (nSPS) is 14.5. The monoisotopic (exact) mass is 395 g/mol. The Balaban J connectivity index is 2.24. The van der Waals surface area contributed by atoms with E-state index in [9.17, 15) is 13.2 Å². The van der Waals surface area contributed by atoms with E-state index in [0.29, 0.717) is 16.9 Å². The van der Waals surface area contributed by atoms with Crippen molar-refractivity contribution in [2.75, 3.05) is 12.4 Å². The first-order valence-electron chi connectivity index (χ1n) is 8.58. The van der Waals surface area contributed by atoms with Gasteiger partial charge in [0.15, 0.2) is 5.84 Å². The standard InChI is InChI=1S/C19H24F3N5O/c1-12(13(2)28-3)27(24)26-18(23)16-6-4-5-7-17(16)25-15-10-8-14(9-11-15)19(20,21)22/h4-13,25H,24H2,1-3H3,(H2,23,26)/t12?,13-/m1/s1. The number of rotatable bonds is 7. The van der Waals surface area contributed by atoms with Crippen LogP contribution in [0, 0.1) is 0 Å². The minimum absolute atomic E-state index is 0.160. The highest BCUT2D eigenvalue weighted by molar-refractivity contribution is 6.02. The molecule has 2 rings (SSSR count). The molecule has 0 bridgehead atoms. The average molecular weight is 395 g/mol. The number of hydrazone groups is 1. The lowest BCUT2D eigenvalue weighted by Crippen LogP contribution is -2.43. The number of anilines is 2. The van der Waals surface area contributed by atoms with Crippen LogP contribution < -0.4 is 16.9 Å². The molecule has 152 valence electrons. The van der Waals surface area contributed by atoms with E-state index in [4.69, 9.17) is 16.3 Å². The number of para-hydroxylation sites is 1. The van der Waals surface area contributed by atoms with Gasteiger partial charge in [-0.05, 0) is 50.2 Å². The highest BCUT2D eigenvalue weighted by atomic mass is 19.4. The van der Waals surface area contributed by atoms with Gasteiger partial charge >= 0.3 is 6.18 Å². The Labute approximate surface area is 161 Å². The van der Waals surface area contributed by atoms with Crippen molar-refractivity contribution in [2.24, 2.45) is 16.7 Å². The molecule has 0 radical (unpaired) electrons. The van der Waals surface area contributed by atoms with E-state index < -0.39 is 11.7 Å². The molecule has 2 atom stereocenters. The van der Waals surface area contributed by atoms with E-state index >= 15 is 0 Å². The van der Waals surface area contributed by atoms with E-state index in [2.05, 4.69) is 10.4 Å². The lowest BCUT2D eigenvalue weighted by Gasteiger charge is -2.26. The van der Waals surface area contributed by atoms with Gasteiger partial charge in [0, 0.05) is 24.0 Å². The molecule has 0 aromatic heterocycles. The van der Waals surface area contributed by atoms with Gasteiger partial charge in [0.25, 0.3) is 0 Å². The van der Waals surface area contributed by atoms with Crippen molar-refractivity contribution < 1.29 is 17.9 Å². The summed E-state index contributed by atoms with van der Waals surface area (Å²) in [7, 11) is 1.57. The van der Waals surface area contributed by atoms with Crippen LogP contribution in [0.3, 0.4) is 0 Å². The lowest BCUT2D eigenvalue weighted by molar-refractivity contribution is -0.137. The number of nitrogens with one attached hydrogen (secondary N) is 1. The third-order valence-electron chi connectivity index (χ3n) is 4.39. The maximum absolute atomic E-state index is 12.7. The van der Waals surface area contributed by atoms with Crippen LogP contribution in [0.4, 0.5) is 24.5 Å². The lowest BCUT2D eigenvalue weighted by atomic mass is 10.1. The molecule has 0 amide bonds. The Bertz CT molecular complexity index is 808. The predicted octanol–water partition coefficient (Wildman–Crippen LogP) is 3.67. The summed E-state index contributed by atoms with van der Waals surface area (Å²) >= 11 is 0. The van der Waals surface area contributed by atoms with Gasteiger partial charge in [0.2, 0.25) is 0 Å². The summed E-state index contributed by atoms with van der Waals surface area (Å²) in [6, 6.07) is 11.5. The second kappa shape index (κ2) is 8.94. The zero-order valence-electron chi connectivity index (χ0n) is 15.9. The van der Waals surface area contributed by atoms with Gasteiger partial charge in [-0.1, -0.05) is 12.1 Å². The Hall–Kier alpha value is -2.78. The van der Waals surface area contributed by atoms with Crippen molar-refractivity contribution in [1.82, 2.24) is 5.12 Å². The predicted molar refractivity (Wildman–Crippen MR) is 104 cm³/mol. The first-order chi connectivity index (χ1) is 13.1. The quantitative estimate of drug-likeness (QED) is 0.288. The second-order valence-corrected chi connectivity index (χ2v) is 6.29. The average Bonchev–Trinajstić information content (AvgIpc) is 2.66. The number of ether oxygens (including phenoxy) is 1. The number of hydrogen-bond donors (Lipinski definition) is 3. The molecule has 5 N–H and O–H groups in total. The Kier molecular flexibility index (Phi) is 6.87. The molecule has 2 aromatic rings. The van der Waals surface area contributed by atoms with E-state index in [-0.39, 0.29) is 18.0 Å². The molecule has 0 saturated carbocycles. The zero-order valence-corrected chi connectivity index (χ0v) is 15.9. The first-order valence-corrected chi connectivity index (χ1v) is 8.58. The molecule has 6 nitrogen and oxygen atoms in total. The molecule has 0 aliphatic rings. The van der Waals surface area contributed by atoms with E-state index in [1.807, 2.05) is 13.8 Å². The molecule has 0 saturated heterocycles. The Morgan fingerprint density at radius 3 is 2.29 bits per heavy atom. The van der Waals surface area contributed by atoms with Gasteiger partial charge in [-0.2, -0.15) is 13.2 Å². The van der Waals surface area contributed by atoms with Crippen molar-refractivity contribution in [3.63, 3.8) is 0 Å². The first kappa shape index (κ1) is 21.5. The van der Waals surface area contributed by atoms with Crippen molar-refractivity contribution in [3.05, 3.63) is 59.7 Å². The molecule has 0 aliphatic heterocycles. The molecule has 9 heteroatoms. The maximum atomic E-state index is 12.7. The highest BCUT2D eigenvalue weighted by Crippen LogP contribution is 2.30. The maximum Gasteiger partial charge on any atom is 0.416 e. The summed E-state index contributed by atoms with van der Waals surface area (Å²) in [6.07, 6.45) is -4.55. The van der Waals surface area contributed by atoms with Gasteiger partial charge in [0.05, 0.1) is 17.7 Å². The second-order valence-electron chi connectivity index (χ2n) is 6.29. The number of methoxy groups -OCH3 is 1. The van der Waals surface area contributed by atoms with Crippen molar-refractivity contribution in [3.8, 4) is 0 Å². The SMILES string of the molecule is CO[C@H](C)C(C)N(N)/N=C(\N)c1ccccc1Nc1ccc(C(F)(F)F)cc1. The number of amidine groups is 1. The number of benzene rings is 2. The summed E-state index contributed by atoms with van der Waals surface area (Å²) in [5.41, 5.74) is 7.03. The van der Waals surface area contributed by atoms with Crippen LogP contribution in [0.1, 0.15) is 25.0 Å². The highest BCUT2D eigenvalue weighted by Gasteiger charge is 2.30. The molecule has 2 aromatic carbocycles. The molecule has 0 fully saturated rings. The molecule has 0 heterocycles. The zero-order chi connectivity index (χ0) is 20.9. The van der Waals surface area contributed by atoms with Crippen molar-refractivity contribution >= 4 is 17.2 Å². The smallest absolute Gasteiger partial charge is 0.382 e. The molecular weight excluding hydrogens is 371 g/mol. The molecule has 28 heavy (non-hydrogen) atoms. The Morgan fingerprint density at radius 2 is 1.71 bits per heavy atom. The van der Waals surface area contributed by atoms with Crippen LogP contribution in [-0.2, 0) is 10.9 Å². The van der Waals surface area contributed by atoms with Gasteiger partial charge < -0.3 is 15.8 Å². The van der Waals surface area contributed by atoms with Gasteiger partial charge in [0.1, 0.15) is 0 Å². The summed E-state index contributed by atoms with van der Waals surface area (Å²) in [6.45, 7) is 3.70. The summed E-state index contributed by atoms with van der Waals surface area (Å²) in [5, 5.41) is 8.48. The number of hydrogen-bond acceptors (Lipinski definition) is 5. The number of halogens is 3. The van der Waals surface area contributed by atoms with E-state index in [1.165, 1.54) is 17.3 Å². The fraction of sp³-hybridized carbons (Fsp3) is 0.316. The number of nitrogens with two attached hydrogens (primary N) is 2. The van der Waals surface area contributed by atoms with Crippen LogP contribution in [0.5, 0.6) is 0 Å². The largest absolute Gasteiger partial charge is 0.416 e. The fourth-order valence-electron chi connectivity index (χ4n) is 2.39. The number of hydrazine groups is 1. The summed E-state index contributed by atoms with van der Waals surface area (Å²) in [4.78, 5) is 0. The van der Waals surface area contributed by atoms with Gasteiger partial charge in [-0.15, -0.1) is 5.10 Å². The minimum Gasteiger partial charge on any atom is -0.382 e. The topological polar surface area (TPSA) is 88.9 Å². The van der Waals surface area contributed by atoms with Crippen molar-refractivity contribution in [1.29, 1.82) is 0 Å². The number of nitrogens with zero attached hydrogens (tertiary/aromatic N) is 2. The molecular formula is C19H24F3N5O. The third kappa shape index (κ3) is 5.37. The van der Waals surface area contributed by atoms with Crippen LogP contribution in [0.15, 0.2) is 53.6 Å². The van der Waals surface area contributed by atoms with Crippen LogP contribution in [-0.4, -0.2) is 30.2 Å². The van der Waals surface area contributed by atoms with E-state index in [1.54, 1.807) is 31.4 Å². The number of alkyl halides is 3. The van der Waals surface area contributed by atoms with Crippen LogP contribution >= 0.6 is 0 Å². The van der Waals surface area contributed by atoms with E-state index in [0.717, 1.165) is 12.1 Å². The molecule has 1 unspecified atom stereocenters. The Morgan fingerprint density at radius 1 is 1.11 bits per heavy atom. The van der Waals surface area contributed by atoms with Gasteiger partial charge in [-0.3, -0.25) is 0 Å². The third-order valence-corrected chi connectivity index (χ3v) is 4.39. The van der Waals surface area contributed by atoms with Gasteiger partial charge in [-0.25, -0.2) is 11.0 Å². The fourth-order valence-corrected chi connectivity index (χ4v) is 2.39. The van der Waals surface area contributed by atoms with Crippen LogP contribution in [0.2, 0.25) is 0 Å². The summed E-state index contributed by atoms with van der Waals surface area (Å²) < 4.78 is 43.4. The molecule has 0 spiro atoms. The molecule has 0 aliphatic carbocycles. The van der Waals surface area contributed by atoms with Crippen molar-refractivity contribution in [2.45, 2.75) is 32.2 Å².